The van der Waals surface area contributed by atoms with Crippen LogP contribution in [0.2, 0.25) is 5.02 Å². The standard InChI is InChI=1S/C22H28ClN3O3S/c1-16-7-5-6-12-26(16)15-19-9-4-3-8-18(19)14-24-22(27)17-10-11-20(23)21(13-17)25-30(2,28)29/h3-4,8-11,13,16,25H,5-7,12,14-15H2,1-2H3,(H,24,27). The van der Waals surface area contributed by atoms with E-state index in [0.717, 1.165) is 24.9 Å². The summed E-state index contributed by atoms with van der Waals surface area (Å²) in [6.07, 6.45) is 4.77. The molecule has 1 aliphatic rings. The van der Waals surface area contributed by atoms with E-state index in [1.165, 1.54) is 37.0 Å². The molecular weight excluding hydrogens is 422 g/mol. The van der Waals surface area contributed by atoms with E-state index in [1.54, 1.807) is 6.07 Å². The second-order valence-electron chi connectivity index (χ2n) is 7.84. The van der Waals surface area contributed by atoms with Gasteiger partial charge < -0.3 is 5.32 Å². The Kier molecular flexibility index (Phi) is 7.39. The lowest BCUT2D eigenvalue weighted by Gasteiger charge is -2.33. The van der Waals surface area contributed by atoms with Gasteiger partial charge in [0.2, 0.25) is 10.0 Å². The molecule has 1 atom stereocenters. The fraction of sp³-hybridized carbons (Fsp3) is 0.409. The smallest absolute Gasteiger partial charge is 0.251 e. The van der Waals surface area contributed by atoms with Crippen LogP contribution in [0.4, 0.5) is 5.69 Å². The molecule has 1 amide bonds. The number of piperidine rings is 1. The maximum absolute atomic E-state index is 12.7. The van der Waals surface area contributed by atoms with Crippen LogP contribution in [0.5, 0.6) is 0 Å². The highest BCUT2D eigenvalue weighted by atomic mass is 35.5. The number of halogens is 1. The highest BCUT2D eigenvalue weighted by molar-refractivity contribution is 7.92. The first-order valence-corrected chi connectivity index (χ1v) is 12.4. The van der Waals surface area contributed by atoms with Crippen LogP contribution in [0.1, 0.15) is 47.7 Å². The molecule has 0 aromatic heterocycles. The molecule has 2 aromatic carbocycles. The zero-order valence-electron chi connectivity index (χ0n) is 17.3. The molecule has 0 bridgehead atoms. The van der Waals surface area contributed by atoms with Crippen LogP contribution in [-0.4, -0.2) is 38.1 Å². The van der Waals surface area contributed by atoms with Crippen molar-refractivity contribution in [1.29, 1.82) is 0 Å². The van der Waals surface area contributed by atoms with Gasteiger partial charge in [0.15, 0.2) is 0 Å². The van der Waals surface area contributed by atoms with Gasteiger partial charge >= 0.3 is 0 Å². The molecule has 1 unspecified atom stereocenters. The summed E-state index contributed by atoms with van der Waals surface area (Å²) in [5.74, 6) is -0.288. The average molecular weight is 450 g/mol. The molecule has 2 N–H and O–H groups in total. The van der Waals surface area contributed by atoms with Gasteiger partial charge in [-0.15, -0.1) is 0 Å². The Morgan fingerprint density at radius 3 is 2.60 bits per heavy atom. The molecule has 1 fully saturated rings. The summed E-state index contributed by atoms with van der Waals surface area (Å²) in [4.78, 5) is 15.2. The Bertz CT molecular complexity index is 1010. The fourth-order valence-electron chi connectivity index (χ4n) is 3.72. The summed E-state index contributed by atoms with van der Waals surface area (Å²) < 4.78 is 25.3. The van der Waals surface area contributed by atoms with Crippen molar-refractivity contribution < 1.29 is 13.2 Å². The monoisotopic (exact) mass is 449 g/mol. The molecule has 3 rings (SSSR count). The highest BCUT2D eigenvalue weighted by Gasteiger charge is 2.19. The van der Waals surface area contributed by atoms with Gasteiger partial charge in [-0.3, -0.25) is 14.4 Å². The number of rotatable bonds is 7. The topological polar surface area (TPSA) is 78.5 Å². The van der Waals surface area contributed by atoms with Gasteiger partial charge in [-0.25, -0.2) is 8.42 Å². The van der Waals surface area contributed by atoms with Gasteiger partial charge in [0, 0.05) is 24.7 Å². The fourth-order valence-corrected chi connectivity index (χ4v) is 4.51. The number of amides is 1. The predicted octanol–water partition coefficient (Wildman–Crippen LogP) is 4.02. The summed E-state index contributed by atoms with van der Waals surface area (Å²) >= 11 is 6.04. The molecule has 0 radical (unpaired) electrons. The Hall–Kier alpha value is -2.09. The Balaban J connectivity index is 1.69. The van der Waals surface area contributed by atoms with E-state index < -0.39 is 10.0 Å². The zero-order valence-corrected chi connectivity index (χ0v) is 18.9. The van der Waals surface area contributed by atoms with E-state index in [2.05, 4.69) is 27.9 Å². The molecule has 2 aromatic rings. The zero-order chi connectivity index (χ0) is 21.7. The summed E-state index contributed by atoms with van der Waals surface area (Å²) in [5.41, 5.74) is 2.81. The number of sulfonamides is 1. The van der Waals surface area contributed by atoms with E-state index >= 15 is 0 Å². The van der Waals surface area contributed by atoms with Crippen molar-refractivity contribution in [2.75, 3.05) is 17.5 Å². The number of carbonyl (C=O) groups excluding carboxylic acids is 1. The third-order valence-corrected chi connectivity index (χ3v) is 6.32. The molecule has 162 valence electrons. The minimum absolute atomic E-state index is 0.186. The number of benzene rings is 2. The number of hydrogen-bond acceptors (Lipinski definition) is 4. The van der Waals surface area contributed by atoms with Crippen LogP contribution < -0.4 is 10.0 Å². The minimum atomic E-state index is -3.49. The van der Waals surface area contributed by atoms with Crippen molar-refractivity contribution in [2.45, 2.75) is 45.3 Å². The van der Waals surface area contributed by atoms with Gasteiger partial charge in [-0.2, -0.15) is 0 Å². The Morgan fingerprint density at radius 1 is 1.17 bits per heavy atom. The Morgan fingerprint density at radius 2 is 1.90 bits per heavy atom. The number of carbonyl (C=O) groups is 1. The lowest BCUT2D eigenvalue weighted by atomic mass is 10.0. The lowest BCUT2D eigenvalue weighted by molar-refractivity contribution is 0.0950. The molecule has 8 heteroatoms. The summed E-state index contributed by atoms with van der Waals surface area (Å²) in [6.45, 7) is 4.64. The first-order chi connectivity index (χ1) is 14.2. The SMILES string of the molecule is CC1CCCCN1Cc1ccccc1CNC(=O)c1ccc(Cl)c(NS(C)(=O)=O)c1. The summed E-state index contributed by atoms with van der Waals surface area (Å²) in [6, 6.07) is 13.2. The number of likely N-dealkylation sites (tertiary alicyclic amines) is 1. The first-order valence-electron chi connectivity index (χ1n) is 10.1. The number of nitrogens with one attached hydrogen (secondary N) is 2. The van der Waals surface area contributed by atoms with Crippen molar-refractivity contribution in [3.63, 3.8) is 0 Å². The quantitative estimate of drug-likeness (QED) is 0.669. The van der Waals surface area contributed by atoms with Crippen molar-refractivity contribution in [3.8, 4) is 0 Å². The van der Waals surface area contributed by atoms with Crippen molar-refractivity contribution in [1.82, 2.24) is 10.2 Å². The van der Waals surface area contributed by atoms with E-state index in [1.807, 2.05) is 18.2 Å². The second-order valence-corrected chi connectivity index (χ2v) is 9.99. The predicted molar refractivity (Wildman–Crippen MR) is 121 cm³/mol. The van der Waals surface area contributed by atoms with E-state index in [9.17, 15) is 13.2 Å². The van der Waals surface area contributed by atoms with Gasteiger partial charge in [-0.05, 0) is 55.6 Å². The van der Waals surface area contributed by atoms with E-state index in [-0.39, 0.29) is 16.6 Å². The largest absolute Gasteiger partial charge is 0.348 e. The lowest BCUT2D eigenvalue weighted by Crippen LogP contribution is -2.37. The normalized spacial score (nSPS) is 17.5. The number of nitrogens with zero attached hydrogens (tertiary/aromatic N) is 1. The van der Waals surface area contributed by atoms with Gasteiger partial charge in [0.1, 0.15) is 0 Å². The molecule has 6 nitrogen and oxygen atoms in total. The molecule has 0 aliphatic carbocycles. The minimum Gasteiger partial charge on any atom is -0.348 e. The number of anilines is 1. The van der Waals surface area contributed by atoms with E-state index in [4.69, 9.17) is 11.6 Å². The van der Waals surface area contributed by atoms with Crippen LogP contribution in [0.15, 0.2) is 42.5 Å². The van der Waals surface area contributed by atoms with Crippen LogP contribution in [0, 0.1) is 0 Å². The molecule has 1 heterocycles. The third-order valence-electron chi connectivity index (χ3n) is 5.40. The van der Waals surface area contributed by atoms with Gasteiger partial charge in [0.05, 0.1) is 17.0 Å². The molecule has 0 saturated carbocycles. The van der Waals surface area contributed by atoms with Crippen molar-refractivity contribution in [2.24, 2.45) is 0 Å². The maximum Gasteiger partial charge on any atom is 0.251 e. The van der Waals surface area contributed by atoms with Crippen LogP contribution in [-0.2, 0) is 23.1 Å². The molecule has 30 heavy (non-hydrogen) atoms. The van der Waals surface area contributed by atoms with E-state index in [0.29, 0.717) is 18.2 Å². The van der Waals surface area contributed by atoms with Crippen LogP contribution >= 0.6 is 11.6 Å². The van der Waals surface area contributed by atoms with Gasteiger partial charge in [0.25, 0.3) is 5.91 Å². The average Bonchev–Trinajstić information content (AvgIpc) is 2.69. The third kappa shape index (κ3) is 6.20. The first kappa shape index (κ1) is 22.6. The molecule has 1 aliphatic heterocycles. The van der Waals surface area contributed by atoms with Gasteiger partial charge in [-0.1, -0.05) is 42.3 Å². The molecule has 1 saturated heterocycles. The van der Waals surface area contributed by atoms with Crippen LogP contribution in [0.25, 0.3) is 0 Å². The maximum atomic E-state index is 12.7. The molecular formula is C22H28ClN3O3S. The Labute approximate surface area is 183 Å². The second kappa shape index (κ2) is 9.81. The van der Waals surface area contributed by atoms with Crippen molar-refractivity contribution in [3.05, 3.63) is 64.2 Å². The summed E-state index contributed by atoms with van der Waals surface area (Å²) in [5, 5.41) is 3.17. The molecule has 0 spiro atoms. The van der Waals surface area contributed by atoms with Crippen molar-refractivity contribution >= 4 is 33.2 Å². The number of hydrogen-bond donors (Lipinski definition) is 2. The van der Waals surface area contributed by atoms with Crippen LogP contribution in [0.3, 0.4) is 0 Å². The summed E-state index contributed by atoms with van der Waals surface area (Å²) in [7, 11) is -3.49. The highest BCUT2D eigenvalue weighted by Crippen LogP contribution is 2.24.